The summed E-state index contributed by atoms with van der Waals surface area (Å²) < 4.78 is 124. The van der Waals surface area contributed by atoms with E-state index < -0.39 is 264 Å². The summed E-state index contributed by atoms with van der Waals surface area (Å²) in [6.45, 7) is 7.87. The molecule has 21 atom stereocenters. The fourth-order valence-corrected chi connectivity index (χ4v) is 14.7. The summed E-state index contributed by atoms with van der Waals surface area (Å²) in [5.74, 6) is -19.4. The SMILES string of the molecule is COC(=O)[C@@]1(O[C@H]2[C@@H](O[C@@H]3O[C@H](COC(C)=O)[C@H](OC(C)=O)[C@H](O[C@@H]4O[C@H](COC(C)=O)[C@H](OC(C)=O)[C@H](OC(C)=O)[C@H]4OC(C)=O)[C@H]3NC(C)=O)[C@@H](COC(=O)c3ccccc3)O[C@@H]([Se]c3ccccc3)[C@@H]2OC(=O)c2ccccc2)C[C@H](OC(C)=O)[C@@H](NC(C)=O)[C@H]([C@H](OC(C)=O)[C@@H](COC(C)=O)OC(C)=O)O1. The molecule has 4 fully saturated rings. The molecule has 0 aliphatic carbocycles. The van der Waals surface area contributed by atoms with Crippen molar-refractivity contribution in [3.63, 3.8) is 0 Å². The van der Waals surface area contributed by atoms with Crippen LogP contribution in [0.2, 0.25) is 0 Å². The van der Waals surface area contributed by atoms with Crippen LogP contribution < -0.4 is 15.1 Å². The van der Waals surface area contributed by atoms with Gasteiger partial charge in [0.05, 0.1) is 0 Å². The third-order valence-electron chi connectivity index (χ3n) is 16.3. The van der Waals surface area contributed by atoms with E-state index >= 15 is 9.59 Å². The number of esters is 13. The zero-order valence-corrected chi connectivity index (χ0v) is 63.7. The van der Waals surface area contributed by atoms with Gasteiger partial charge in [-0.15, -0.1) is 0 Å². The third-order valence-corrected chi connectivity index (χ3v) is 18.8. The van der Waals surface area contributed by atoms with Crippen LogP contribution in [0.25, 0.3) is 0 Å². The van der Waals surface area contributed by atoms with Crippen molar-refractivity contribution in [2.75, 3.05) is 33.5 Å². The Bertz CT molecular complexity index is 3770. The Kier molecular flexibility index (Phi) is 32.2. The third kappa shape index (κ3) is 24.7. The summed E-state index contributed by atoms with van der Waals surface area (Å²) in [6, 6.07) is 19.2. The average Bonchev–Trinajstić information content (AvgIpc) is 0.741. The number of carbonyl (C=O) groups is 15. The van der Waals surface area contributed by atoms with Gasteiger partial charge in [-0.2, -0.15) is 0 Å². The summed E-state index contributed by atoms with van der Waals surface area (Å²) in [6.07, 6.45) is -35.9. The minimum absolute atomic E-state index is 0.0266. The van der Waals surface area contributed by atoms with Crippen LogP contribution in [0, 0.1) is 0 Å². The van der Waals surface area contributed by atoms with E-state index in [-0.39, 0.29) is 11.1 Å². The summed E-state index contributed by atoms with van der Waals surface area (Å²) in [5, 5.41) is 3.66. The number of nitrogens with one attached hydrogen (secondary N) is 2. The zero-order valence-electron chi connectivity index (χ0n) is 61.9. The first-order valence-corrected chi connectivity index (χ1v) is 36.0. The van der Waals surface area contributed by atoms with Crippen molar-refractivity contribution in [3.05, 3.63) is 102 Å². The summed E-state index contributed by atoms with van der Waals surface area (Å²) >= 11 is -1.16. The van der Waals surface area contributed by atoms with E-state index in [1.54, 1.807) is 42.5 Å². The van der Waals surface area contributed by atoms with Gasteiger partial charge in [0.2, 0.25) is 0 Å². The molecular formula is C72H86N2O35Se. The standard InChI is InChI=1S/C72H86N2O35Se/c1-34(75)73-54-49(95-39(6)80)29-72(71(89)90-13,108-61(54)57(98-42(9)83)50(96-40(7)81)30-91-36(3)77)109-63-59(53(33-94-66(87)46-23-17-14-18-24-46)104-70(110-48-27-21-16-22-28-48)65(63)105-67(88)47-25-19-15-20-26-47)106-68-55(74-35(2)76)60(56(97-41(8)82)51(102-68)31-92-37(4)78)107-69-64(101-45(12)86)62(100-44(11)85)58(99-43(10)84)52(103-69)32-93-38(5)79/h14-28,49-65,68-70H,29-33H2,1-13H3,(H,73,75)(H,74,76)/t49-,50+,51+,52+,53+,54+,55+,56-,57+,58-,59-,60+,61+,62-,63-,64+,65+,68-,69-,70-,72-/m0/s1. The van der Waals surface area contributed by atoms with E-state index in [1.807, 2.05) is 0 Å². The second-order valence-electron chi connectivity index (χ2n) is 25.1. The summed E-state index contributed by atoms with van der Waals surface area (Å²) in [4.78, 5) is 204. The summed E-state index contributed by atoms with van der Waals surface area (Å²) in [7, 11) is 0.846. The fourth-order valence-electron chi connectivity index (χ4n) is 12.3. The molecule has 0 bridgehead atoms. The maximum absolute atomic E-state index is 15.7. The molecule has 600 valence electrons. The molecule has 0 spiro atoms. The van der Waals surface area contributed by atoms with Crippen molar-refractivity contribution in [1.29, 1.82) is 0 Å². The van der Waals surface area contributed by atoms with Crippen molar-refractivity contribution in [2.24, 2.45) is 0 Å². The molecule has 37 nitrogen and oxygen atoms in total. The first-order valence-electron chi connectivity index (χ1n) is 34.1. The molecule has 0 saturated carbocycles. The van der Waals surface area contributed by atoms with Crippen LogP contribution in [0.15, 0.2) is 91.0 Å². The van der Waals surface area contributed by atoms with E-state index in [4.69, 9.17) is 94.7 Å². The number of ether oxygens (including phenoxy) is 20. The molecule has 0 radical (unpaired) electrons. The van der Waals surface area contributed by atoms with Crippen LogP contribution in [0.1, 0.15) is 110 Å². The molecule has 3 aromatic carbocycles. The molecule has 2 N–H and O–H groups in total. The molecule has 38 heteroatoms. The van der Waals surface area contributed by atoms with Crippen molar-refractivity contribution in [3.8, 4) is 0 Å². The van der Waals surface area contributed by atoms with Gasteiger partial charge in [0.25, 0.3) is 0 Å². The number of carbonyl (C=O) groups excluding carboxylic acids is 15. The van der Waals surface area contributed by atoms with Crippen LogP contribution in [0.3, 0.4) is 0 Å². The molecule has 3 aromatic rings. The number of hydrogen-bond acceptors (Lipinski definition) is 35. The average molecular weight is 1620 g/mol. The zero-order chi connectivity index (χ0) is 80.8. The number of hydrogen-bond donors (Lipinski definition) is 2. The van der Waals surface area contributed by atoms with Crippen LogP contribution in [-0.4, -0.2) is 265 Å². The molecule has 4 saturated heterocycles. The maximum atomic E-state index is 15.7. The van der Waals surface area contributed by atoms with E-state index in [1.165, 1.54) is 48.5 Å². The van der Waals surface area contributed by atoms with Crippen LogP contribution in [0.5, 0.6) is 0 Å². The van der Waals surface area contributed by atoms with E-state index in [0.29, 0.717) is 4.46 Å². The molecule has 7 rings (SSSR count). The van der Waals surface area contributed by atoms with Gasteiger partial charge in [-0.05, 0) is 0 Å². The minimum atomic E-state index is -3.28. The van der Waals surface area contributed by atoms with E-state index in [0.717, 1.165) is 90.2 Å². The number of amides is 2. The first kappa shape index (κ1) is 87.2. The van der Waals surface area contributed by atoms with Crippen molar-refractivity contribution >= 4 is 109 Å². The number of methoxy groups -OCH3 is 1. The normalized spacial score (nSPS) is 28.1. The Labute approximate surface area is 635 Å². The Morgan fingerprint density at radius 3 is 1.39 bits per heavy atom. The molecule has 0 unspecified atom stereocenters. The summed E-state index contributed by atoms with van der Waals surface area (Å²) in [5.41, 5.74) is -0.151. The van der Waals surface area contributed by atoms with Crippen molar-refractivity contribution in [2.45, 2.75) is 217 Å². The second kappa shape index (κ2) is 40.6. The van der Waals surface area contributed by atoms with E-state index in [9.17, 15) is 62.3 Å². The van der Waals surface area contributed by atoms with Crippen LogP contribution >= 0.6 is 0 Å². The van der Waals surface area contributed by atoms with Gasteiger partial charge in [0, 0.05) is 34.6 Å². The quantitative estimate of drug-likeness (QED) is 0.0497. The predicted octanol–water partition coefficient (Wildman–Crippen LogP) is 0.308. The molecule has 4 aliphatic rings. The Hall–Kier alpha value is -10.1. The molecular weight excluding hydrogens is 1530 g/mol. The van der Waals surface area contributed by atoms with Gasteiger partial charge in [-0.3, -0.25) is 24.0 Å². The van der Waals surface area contributed by atoms with Gasteiger partial charge in [-0.1, -0.05) is 0 Å². The topological polar surface area (TPSA) is 465 Å². The second-order valence-corrected chi connectivity index (χ2v) is 27.6. The Balaban J connectivity index is 1.59. The Morgan fingerprint density at radius 1 is 0.436 bits per heavy atom. The van der Waals surface area contributed by atoms with Crippen molar-refractivity contribution in [1.82, 2.24) is 10.6 Å². The molecule has 2 amide bonds. The van der Waals surface area contributed by atoms with Gasteiger partial charge in [-0.25, -0.2) is 0 Å². The van der Waals surface area contributed by atoms with Gasteiger partial charge < -0.3 is 14.2 Å². The molecule has 4 aliphatic heterocycles. The predicted molar refractivity (Wildman–Crippen MR) is 363 cm³/mol. The molecule has 0 aromatic heterocycles. The molecule has 110 heavy (non-hydrogen) atoms. The van der Waals surface area contributed by atoms with Crippen molar-refractivity contribution < 1.29 is 167 Å². The van der Waals surface area contributed by atoms with Gasteiger partial charge in [0.15, 0.2) is 6.10 Å². The molecule has 4 heterocycles. The van der Waals surface area contributed by atoms with E-state index in [2.05, 4.69) is 10.6 Å². The monoisotopic (exact) mass is 1620 g/mol. The first-order chi connectivity index (χ1) is 52.1. The number of rotatable bonds is 31. The Morgan fingerprint density at radius 2 is 0.891 bits per heavy atom. The van der Waals surface area contributed by atoms with Crippen LogP contribution in [0.4, 0.5) is 0 Å². The fraction of sp³-hybridized carbons (Fsp3) is 0.542. The van der Waals surface area contributed by atoms with Gasteiger partial charge >= 0.3 is 553 Å². The van der Waals surface area contributed by atoms with Crippen LogP contribution in [-0.2, 0) is 157 Å². The van der Waals surface area contributed by atoms with Gasteiger partial charge in [0.1, 0.15) is 6.61 Å². The number of benzene rings is 3.